The fraction of sp³-hybridized carbons (Fsp3) is 0.154. The zero-order valence-electron chi connectivity index (χ0n) is 25.2. The molecule has 0 heterocycles. The smallest absolute Gasteiger partial charge is 0.309 e. The fourth-order valence-electron chi connectivity index (χ4n) is 4.60. The lowest BCUT2D eigenvalue weighted by Gasteiger charge is -2.17. The van der Waals surface area contributed by atoms with Gasteiger partial charge in [-0.15, -0.1) is 11.5 Å². The number of benzene rings is 1. The maximum Gasteiger partial charge on any atom is 0.309 e. The average Bonchev–Trinajstić information content (AvgIpc) is 3.30. The maximum absolute atomic E-state index is 11.6. The predicted molar refractivity (Wildman–Crippen MR) is 179 cm³/mol. The molecule has 214 valence electrons. The second kappa shape index (κ2) is 14.5. The van der Waals surface area contributed by atoms with E-state index in [1.807, 2.05) is 85.9 Å². The van der Waals surface area contributed by atoms with Gasteiger partial charge >= 0.3 is 5.97 Å². The third-order valence-electron chi connectivity index (χ3n) is 7.10. The molecule has 4 heteroatoms. The Hall–Kier alpha value is -5.36. The SMILES string of the molecule is C=C1/C=C(C(=C)C(=C=CC(=NC)C2=C=CC(C)=CC=C2)C2=CC=CC2C)\C=C/C=C=C1Nc1ccc(CC(=O)OC)cc1. The highest BCUT2D eigenvalue weighted by atomic mass is 16.5. The number of carbonyl (C=O) groups is 1. The highest BCUT2D eigenvalue weighted by molar-refractivity contribution is 6.10. The molecule has 4 rings (SSSR count). The molecule has 0 saturated carbocycles. The first kappa shape index (κ1) is 30.6. The van der Waals surface area contributed by atoms with Crippen LogP contribution >= 0.6 is 0 Å². The minimum atomic E-state index is -0.271. The van der Waals surface area contributed by atoms with Crippen LogP contribution in [0.25, 0.3) is 0 Å². The van der Waals surface area contributed by atoms with Gasteiger partial charge in [0.05, 0.1) is 24.9 Å². The minimum Gasteiger partial charge on any atom is -0.469 e. The van der Waals surface area contributed by atoms with E-state index in [-0.39, 0.29) is 18.3 Å². The lowest BCUT2D eigenvalue weighted by atomic mass is 9.87. The molecule has 0 aromatic heterocycles. The number of methoxy groups -OCH3 is 1. The van der Waals surface area contributed by atoms with Gasteiger partial charge in [-0.25, -0.2) is 0 Å². The Morgan fingerprint density at radius 3 is 2.63 bits per heavy atom. The molecular weight excluding hydrogens is 528 g/mol. The van der Waals surface area contributed by atoms with Crippen molar-refractivity contribution in [2.45, 2.75) is 20.3 Å². The van der Waals surface area contributed by atoms with Crippen LogP contribution < -0.4 is 5.32 Å². The van der Waals surface area contributed by atoms with E-state index >= 15 is 0 Å². The van der Waals surface area contributed by atoms with Crippen LogP contribution in [0, 0.1) is 5.92 Å². The highest BCUT2D eigenvalue weighted by Gasteiger charge is 2.19. The number of esters is 1. The van der Waals surface area contributed by atoms with Crippen LogP contribution in [0.5, 0.6) is 0 Å². The van der Waals surface area contributed by atoms with Crippen molar-refractivity contribution in [1.29, 1.82) is 0 Å². The average molecular weight is 565 g/mol. The topological polar surface area (TPSA) is 50.7 Å². The normalized spacial score (nSPS) is 19.3. The van der Waals surface area contributed by atoms with Gasteiger partial charge in [0.15, 0.2) is 0 Å². The van der Waals surface area contributed by atoms with Gasteiger partial charge in [0.1, 0.15) is 0 Å². The van der Waals surface area contributed by atoms with E-state index in [4.69, 9.17) is 4.74 Å². The second-order valence-electron chi connectivity index (χ2n) is 10.3. The number of nitrogens with one attached hydrogen (secondary N) is 1. The summed E-state index contributed by atoms with van der Waals surface area (Å²) in [6, 6.07) is 7.63. The first-order chi connectivity index (χ1) is 20.8. The molecule has 0 amide bonds. The van der Waals surface area contributed by atoms with Crippen molar-refractivity contribution in [3.05, 3.63) is 178 Å². The zero-order chi connectivity index (χ0) is 30.8. The van der Waals surface area contributed by atoms with Crippen LogP contribution in [0.15, 0.2) is 177 Å². The number of hydrogen-bond donors (Lipinski definition) is 1. The Kier molecular flexibility index (Phi) is 10.3. The van der Waals surface area contributed by atoms with Crippen LogP contribution in [0.2, 0.25) is 0 Å². The molecule has 0 saturated heterocycles. The molecule has 4 nitrogen and oxygen atoms in total. The molecule has 0 fully saturated rings. The standard InChI is InChI=1S/C39H36N2O2/c1-27-11-9-14-32(20-17-27)38(40-5)24-23-36(35-15-10-12-28(35)2)30(4)33-13-7-8-16-37(29(3)25-33)41-34-21-18-31(19-22-34)26-39(42)43-6/h7-15,17-19,21-22,24-25,28,41H,3-4,26H2,1-2,5-6H3/b13-7-,33-25+,40-38?. The van der Waals surface area contributed by atoms with E-state index < -0.39 is 0 Å². The monoisotopic (exact) mass is 564 g/mol. The van der Waals surface area contributed by atoms with E-state index in [0.29, 0.717) is 0 Å². The van der Waals surface area contributed by atoms with Crippen molar-refractivity contribution >= 4 is 17.4 Å². The molecule has 1 aromatic rings. The molecule has 43 heavy (non-hydrogen) atoms. The lowest BCUT2D eigenvalue weighted by molar-refractivity contribution is -0.139. The quantitative estimate of drug-likeness (QED) is 0.142. The van der Waals surface area contributed by atoms with Crippen molar-refractivity contribution in [1.82, 2.24) is 0 Å². The van der Waals surface area contributed by atoms with E-state index in [1.165, 1.54) is 7.11 Å². The number of aliphatic imine (C=N–C) groups is 1. The number of anilines is 1. The lowest BCUT2D eigenvalue weighted by Crippen LogP contribution is -2.05. The number of rotatable bonds is 9. The van der Waals surface area contributed by atoms with Crippen LogP contribution in [-0.2, 0) is 16.0 Å². The first-order valence-corrected chi connectivity index (χ1v) is 14.1. The van der Waals surface area contributed by atoms with Gasteiger partial charge in [-0.3, -0.25) is 9.79 Å². The number of ether oxygens (including phenoxy) is 1. The summed E-state index contributed by atoms with van der Waals surface area (Å²) < 4.78 is 4.76. The van der Waals surface area contributed by atoms with Crippen LogP contribution in [0.3, 0.4) is 0 Å². The van der Waals surface area contributed by atoms with Crippen molar-refractivity contribution < 1.29 is 9.53 Å². The van der Waals surface area contributed by atoms with Crippen LogP contribution in [0.4, 0.5) is 5.69 Å². The Bertz CT molecular complexity index is 1760. The molecular formula is C39H36N2O2. The van der Waals surface area contributed by atoms with E-state index in [9.17, 15) is 4.79 Å². The van der Waals surface area contributed by atoms with Crippen LogP contribution in [0.1, 0.15) is 19.4 Å². The second-order valence-corrected chi connectivity index (χ2v) is 10.3. The van der Waals surface area contributed by atoms with Gasteiger partial charge in [-0.05, 0) is 76.8 Å². The maximum atomic E-state index is 11.6. The largest absolute Gasteiger partial charge is 0.469 e. The van der Waals surface area contributed by atoms with Gasteiger partial charge in [0, 0.05) is 35.9 Å². The molecule has 1 unspecified atom stereocenters. The molecule has 3 aliphatic carbocycles. The minimum absolute atomic E-state index is 0.221. The van der Waals surface area contributed by atoms with Crippen LogP contribution in [-0.4, -0.2) is 25.8 Å². The van der Waals surface area contributed by atoms with Crippen molar-refractivity contribution in [2.24, 2.45) is 10.9 Å². The summed E-state index contributed by atoms with van der Waals surface area (Å²) in [4.78, 5) is 16.1. The third kappa shape index (κ3) is 8.11. The molecule has 1 aromatic carbocycles. The summed E-state index contributed by atoms with van der Waals surface area (Å²) in [5.41, 5.74) is 19.9. The van der Waals surface area contributed by atoms with Gasteiger partial charge < -0.3 is 10.1 Å². The third-order valence-corrected chi connectivity index (χ3v) is 7.10. The fourth-order valence-corrected chi connectivity index (χ4v) is 4.60. The molecule has 0 spiro atoms. The number of carbonyl (C=O) groups excluding carboxylic acids is 1. The Morgan fingerprint density at radius 1 is 1.14 bits per heavy atom. The van der Waals surface area contributed by atoms with Gasteiger partial charge in [-0.1, -0.05) is 80.5 Å². The Labute approximate surface area is 255 Å². The van der Waals surface area contributed by atoms with E-state index in [0.717, 1.165) is 61.7 Å². The van der Waals surface area contributed by atoms with Gasteiger partial charge in [-0.2, -0.15) is 0 Å². The number of nitrogens with zero attached hydrogens (tertiary/aromatic N) is 1. The van der Waals surface area contributed by atoms with E-state index in [2.05, 4.69) is 65.8 Å². The summed E-state index contributed by atoms with van der Waals surface area (Å²) in [6.07, 6.45) is 24.3. The zero-order valence-corrected chi connectivity index (χ0v) is 25.2. The molecule has 0 radical (unpaired) electrons. The highest BCUT2D eigenvalue weighted by Crippen LogP contribution is 2.34. The van der Waals surface area contributed by atoms with Gasteiger partial charge in [0.25, 0.3) is 0 Å². The summed E-state index contributed by atoms with van der Waals surface area (Å²) in [5, 5.41) is 3.40. The first-order valence-electron chi connectivity index (χ1n) is 14.1. The number of allylic oxidation sites excluding steroid dienone is 15. The Morgan fingerprint density at radius 2 is 1.93 bits per heavy atom. The van der Waals surface area contributed by atoms with Crippen molar-refractivity contribution in [3.63, 3.8) is 0 Å². The molecule has 3 aliphatic rings. The molecule has 0 bridgehead atoms. The van der Waals surface area contributed by atoms with Crippen molar-refractivity contribution in [3.8, 4) is 0 Å². The number of hydrogen-bond acceptors (Lipinski definition) is 4. The Balaban J connectivity index is 1.63. The molecule has 1 N–H and O–H groups in total. The molecule has 0 aliphatic heterocycles. The summed E-state index contributed by atoms with van der Waals surface area (Å²) >= 11 is 0. The summed E-state index contributed by atoms with van der Waals surface area (Å²) in [5.74, 6) is -0.0501. The predicted octanol–water partition coefficient (Wildman–Crippen LogP) is 8.34. The molecule has 1 atom stereocenters. The van der Waals surface area contributed by atoms with Gasteiger partial charge in [0.2, 0.25) is 0 Å². The summed E-state index contributed by atoms with van der Waals surface area (Å²) in [6.45, 7) is 13.0. The van der Waals surface area contributed by atoms with E-state index in [1.54, 1.807) is 7.05 Å². The van der Waals surface area contributed by atoms with Crippen molar-refractivity contribution in [2.75, 3.05) is 19.5 Å². The summed E-state index contributed by atoms with van der Waals surface area (Å²) in [7, 11) is 3.17.